The Labute approximate surface area is 97.8 Å². The van der Waals surface area contributed by atoms with E-state index in [2.05, 4.69) is 30.8 Å². The molecule has 0 saturated carbocycles. The lowest BCUT2D eigenvalue weighted by atomic mass is 10.0. The second-order valence-electron chi connectivity index (χ2n) is 3.85. The van der Waals surface area contributed by atoms with Crippen LogP contribution in [0.4, 0.5) is 0 Å². The van der Waals surface area contributed by atoms with E-state index in [9.17, 15) is 8.42 Å². The monoisotopic (exact) mass is 295 g/mol. The molecule has 0 spiro atoms. The van der Waals surface area contributed by atoms with Gasteiger partial charge in [0.2, 0.25) is 0 Å². The zero-order chi connectivity index (χ0) is 11.5. The molecule has 1 rings (SSSR count). The Morgan fingerprint density at radius 1 is 1.60 bits per heavy atom. The summed E-state index contributed by atoms with van der Waals surface area (Å²) in [6.07, 6.45) is 2.12. The number of hydrogen-bond acceptors (Lipinski definition) is 3. The number of aromatic amines is 1. The Balaban J connectivity index is 2.82. The van der Waals surface area contributed by atoms with Gasteiger partial charge in [-0.05, 0) is 26.3 Å². The highest BCUT2D eigenvalue weighted by atomic mass is 79.9. The van der Waals surface area contributed by atoms with E-state index in [1.807, 2.05) is 13.8 Å². The van der Waals surface area contributed by atoms with Crippen molar-refractivity contribution >= 4 is 26.0 Å². The van der Waals surface area contributed by atoms with E-state index >= 15 is 0 Å². The van der Waals surface area contributed by atoms with Crippen LogP contribution in [0.3, 0.4) is 0 Å². The van der Waals surface area contributed by atoms with Gasteiger partial charge in [0.1, 0.15) is 0 Å². The number of nitrogens with zero attached hydrogens (tertiary/aromatic N) is 1. The molecule has 86 valence electrons. The summed E-state index contributed by atoms with van der Waals surface area (Å²) in [5.74, 6) is 0. The number of hydrogen-bond donors (Lipinski definition) is 2. The van der Waals surface area contributed by atoms with Gasteiger partial charge in [-0.2, -0.15) is 5.10 Å². The van der Waals surface area contributed by atoms with E-state index in [0.717, 1.165) is 5.33 Å². The molecule has 5 nitrogen and oxygen atoms in total. The number of halogens is 1. The summed E-state index contributed by atoms with van der Waals surface area (Å²) < 4.78 is 26.2. The van der Waals surface area contributed by atoms with Crippen LogP contribution in [-0.2, 0) is 10.0 Å². The van der Waals surface area contributed by atoms with Gasteiger partial charge in [-0.1, -0.05) is 15.9 Å². The van der Waals surface area contributed by atoms with Crippen molar-refractivity contribution in [2.45, 2.75) is 30.8 Å². The molecule has 0 fully saturated rings. The first-order chi connectivity index (χ1) is 6.87. The first kappa shape index (κ1) is 12.7. The van der Waals surface area contributed by atoms with Crippen molar-refractivity contribution in [3.63, 3.8) is 0 Å². The molecule has 0 aliphatic carbocycles. The van der Waals surface area contributed by atoms with Gasteiger partial charge in [-0.3, -0.25) is 5.10 Å². The molecule has 1 aromatic rings. The molecular weight excluding hydrogens is 282 g/mol. The fraction of sp³-hybridized carbons (Fsp3) is 0.625. The summed E-state index contributed by atoms with van der Waals surface area (Å²) in [4.78, 5) is 0. The second kappa shape index (κ2) is 4.63. The minimum Gasteiger partial charge on any atom is -0.266 e. The van der Waals surface area contributed by atoms with Crippen molar-refractivity contribution in [3.05, 3.63) is 12.3 Å². The van der Waals surface area contributed by atoms with E-state index in [-0.39, 0.29) is 5.03 Å². The van der Waals surface area contributed by atoms with Crippen molar-refractivity contribution in [1.29, 1.82) is 0 Å². The van der Waals surface area contributed by atoms with E-state index in [1.165, 1.54) is 12.3 Å². The van der Waals surface area contributed by atoms with Crippen LogP contribution in [0.5, 0.6) is 0 Å². The lowest BCUT2D eigenvalue weighted by Crippen LogP contribution is -2.43. The smallest absolute Gasteiger partial charge is 0.257 e. The third-order valence-corrected chi connectivity index (χ3v) is 3.92. The molecule has 0 atom stereocenters. The highest BCUT2D eigenvalue weighted by molar-refractivity contribution is 9.09. The van der Waals surface area contributed by atoms with Crippen LogP contribution in [0.25, 0.3) is 0 Å². The molecule has 2 N–H and O–H groups in total. The fourth-order valence-corrected chi connectivity index (χ4v) is 3.44. The van der Waals surface area contributed by atoms with Gasteiger partial charge in [0.05, 0.1) is 6.20 Å². The highest BCUT2D eigenvalue weighted by Gasteiger charge is 2.26. The third kappa shape index (κ3) is 3.58. The topological polar surface area (TPSA) is 74.8 Å². The lowest BCUT2D eigenvalue weighted by Gasteiger charge is -2.24. The molecule has 0 radical (unpaired) electrons. The Hall–Kier alpha value is -0.400. The van der Waals surface area contributed by atoms with Crippen LogP contribution in [0.15, 0.2) is 17.3 Å². The molecule has 0 saturated heterocycles. The number of alkyl halides is 1. The Bertz CT molecular complexity index is 400. The Kier molecular flexibility index (Phi) is 3.91. The number of rotatable bonds is 5. The molecule has 1 aromatic heterocycles. The predicted octanol–water partition coefficient (Wildman–Crippen LogP) is 1.25. The molecule has 7 heteroatoms. The van der Waals surface area contributed by atoms with Crippen molar-refractivity contribution in [2.24, 2.45) is 0 Å². The van der Waals surface area contributed by atoms with Gasteiger partial charge in [-0.15, -0.1) is 0 Å². The van der Waals surface area contributed by atoms with Crippen molar-refractivity contribution in [1.82, 2.24) is 14.9 Å². The normalized spacial score (nSPS) is 13.0. The Morgan fingerprint density at radius 3 is 2.73 bits per heavy atom. The molecule has 0 aliphatic rings. The number of H-pyrrole nitrogens is 1. The zero-order valence-corrected chi connectivity index (χ0v) is 11.0. The summed E-state index contributed by atoms with van der Waals surface area (Å²) >= 11 is 3.29. The molecule has 0 aromatic carbocycles. The summed E-state index contributed by atoms with van der Waals surface area (Å²) in [6.45, 7) is 3.67. The summed E-state index contributed by atoms with van der Waals surface area (Å²) in [7, 11) is -3.49. The predicted molar refractivity (Wildman–Crippen MR) is 61.4 cm³/mol. The minimum absolute atomic E-state index is 0.0881. The van der Waals surface area contributed by atoms with Crippen LogP contribution in [0.2, 0.25) is 0 Å². The molecule has 0 unspecified atom stereocenters. The van der Waals surface area contributed by atoms with E-state index in [4.69, 9.17) is 0 Å². The largest absolute Gasteiger partial charge is 0.266 e. The number of aromatic nitrogens is 2. The van der Waals surface area contributed by atoms with Gasteiger partial charge in [-0.25, -0.2) is 13.1 Å². The van der Waals surface area contributed by atoms with Crippen LogP contribution in [0, 0.1) is 0 Å². The SMILES string of the molecule is CC(C)(CCBr)NS(=O)(=O)c1ccn[nH]1. The maximum atomic E-state index is 11.8. The van der Waals surface area contributed by atoms with Crippen molar-refractivity contribution < 1.29 is 8.42 Å². The fourth-order valence-electron chi connectivity index (χ4n) is 1.10. The van der Waals surface area contributed by atoms with Crippen molar-refractivity contribution in [3.8, 4) is 0 Å². The molecule has 15 heavy (non-hydrogen) atoms. The van der Waals surface area contributed by atoms with Gasteiger partial charge >= 0.3 is 0 Å². The van der Waals surface area contributed by atoms with Gasteiger partial charge in [0.15, 0.2) is 5.03 Å². The third-order valence-electron chi connectivity index (χ3n) is 1.89. The highest BCUT2D eigenvalue weighted by Crippen LogP contribution is 2.14. The van der Waals surface area contributed by atoms with Crippen LogP contribution >= 0.6 is 15.9 Å². The minimum atomic E-state index is -3.49. The average molecular weight is 296 g/mol. The Morgan fingerprint density at radius 2 is 2.27 bits per heavy atom. The quantitative estimate of drug-likeness (QED) is 0.803. The van der Waals surface area contributed by atoms with Gasteiger partial charge in [0, 0.05) is 10.9 Å². The number of sulfonamides is 1. The average Bonchev–Trinajstić information content (AvgIpc) is 2.52. The zero-order valence-electron chi connectivity index (χ0n) is 8.62. The van der Waals surface area contributed by atoms with Crippen molar-refractivity contribution in [2.75, 3.05) is 5.33 Å². The maximum Gasteiger partial charge on any atom is 0.257 e. The number of nitrogens with one attached hydrogen (secondary N) is 2. The van der Waals surface area contributed by atoms with Gasteiger partial charge in [0.25, 0.3) is 10.0 Å². The summed E-state index contributed by atoms with van der Waals surface area (Å²) in [5.41, 5.74) is -0.479. The van der Waals surface area contributed by atoms with Crippen LogP contribution in [0.1, 0.15) is 20.3 Å². The summed E-state index contributed by atoms with van der Waals surface area (Å²) in [6, 6.07) is 1.42. The molecule has 0 aliphatic heterocycles. The first-order valence-electron chi connectivity index (χ1n) is 4.47. The lowest BCUT2D eigenvalue weighted by molar-refractivity contribution is 0.442. The standard InChI is InChI=1S/C8H14BrN3O2S/c1-8(2,4-5-9)12-15(13,14)7-3-6-10-11-7/h3,6,12H,4-5H2,1-2H3,(H,10,11). The van der Waals surface area contributed by atoms with E-state index in [1.54, 1.807) is 0 Å². The molecule has 1 heterocycles. The molecule has 0 amide bonds. The van der Waals surface area contributed by atoms with Crippen LogP contribution in [-0.4, -0.2) is 29.5 Å². The van der Waals surface area contributed by atoms with E-state index < -0.39 is 15.6 Å². The summed E-state index contributed by atoms with van der Waals surface area (Å²) in [5, 5.41) is 6.87. The maximum absolute atomic E-state index is 11.8. The first-order valence-corrected chi connectivity index (χ1v) is 7.07. The van der Waals surface area contributed by atoms with Gasteiger partial charge < -0.3 is 0 Å². The second-order valence-corrected chi connectivity index (χ2v) is 6.29. The molecular formula is C8H14BrN3O2S. The van der Waals surface area contributed by atoms with Crippen LogP contribution < -0.4 is 4.72 Å². The van der Waals surface area contributed by atoms with E-state index in [0.29, 0.717) is 6.42 Å². The molecule has 0 bridgehead atoms.